The first-order valence-corrected chi connectivity index (χ1v) is 8.89. The van der Waals surface area contributed by atoms with Crippen LogP contribution in [0, 0.1) is 0 Å². The van der Waals surface area contributed by atoms with Crippen molar-refractivity contribution in [3.8, 4) is 11.5 Å². The maximum Gasteiger partial charge on any atom is 0.255 e. The number of rotatable bonds is 8. The van der Waals surface area contributed by atoms with E-state index in [1.165, 1.54) is 5.56 Å². The topological polar surface area (TPSA) is 47.6 Å². The molecule has 0 heterocycles. The fourth-order valence-electron chi connectivity index (χ4n) is 2.54. The zero-order chi connectivity index (χ0) is 18.2. The molecule has 0 spiro atoms. The zero-order valence-corrected chi connectivity index (χ0v) is 15.5. The van der Waals surface area contributed by atoms with E-state index in [-0.39, 0.29) is 5.91 Å². The highest BCUT2D eigenvalue weighted by molar-refractivity contribution is 6.04. The third kappa shape index (κ3) is 5.24. The molecule has 0 aliphatic rings. The molecule has 0 saturated carbocycles. The van der Waals surface area contributed by atoms with E-state index in [0.717, 1.165) is 12.1 Å². The number of amides is 1. The fraction of sp³-hybridized carbons (Fsp3) is 0.381. The Balaban J connectivity index is 2.16. The van der Waals surface area contributed by atoms with Crippen LogP contribution in [0.3, 0.4) is 0 Å². The molecule has 2 rings (SSSR count). The lowest BCUT2D eigenvalue weighted by molar-refractivity contribution is 0.102. The van der Waals surface area contributed by atoms with E-state index in [4.69, 9.17) is 9.47 Å². The number of nitrogens with one attached hydrogen (secondary N) is 1. The first-order chi connectivity index (χ1) is 12.1. The molecule has 25 heavy (non-hydrogen) atoms. The molecule has 2 aromatic rings. The van der Waals surface area contributed by atoms with Crippen LogP contribution in [0.1, 0.15) is 56.0 Å². The minimum Gasteiger partial charge on any atom is -0.494 e. The van der Waals surface area contributed by atoms with Crippen molar-refractivity contribution in [1.29, 1.82) is 0 Å². The van der Waals surface area contributed by atoms with Gasteiger partial charge in [-0.25, -0.2) is 0 Å². The Morgan fingerprint density at radius 2 is 1.52 bits per heavy atom. The Morgan fingerprint density at radius 3 is 2.00 bits per heavy atom. The van der Waals surface area contributed by atoms with Crippen LogP contribution in [-0.2, 0) is 0 Å². The van der Waals surface area contributed by atoms with E-state index in [9.17, 15) is 4.79 Å². The van der Waals surface area contributed by atoms with Crippen LogP contribution >= 0.6 is 0 Å². The number of ether oxygens (including phenoxy) is 2. The van der Waals surface area contributed by atoms with E-state index in [1.54, 1.807) is 18.2 Å². The predicted molar refractivity (Wildman–Crippen MR) is 102 cm³/mol. The van der Waals surface area contributed by atoms with Gasteiger partial charge in [0, 0.05) is 17.3 Å². The first kappa shape index (κ1) is 18.8. The molecule has 0 unspecified atom stereocenters. The molecule has 0 radical (unpaired) electrons. The van der Waals surface area contributed by atoms with Crippen molar-refractivity contribution >= 4 is 11.6 Å². The standard InChI is InChI=1S/C21H27NO3/c1-5-15(4)16-8-10-18(11-9-16)22-21(23)17-12-19(24-6-2)14-20(13-17)25-7-3/h8-15H,5-7H2,1-4H3,(H,22,23)/t15-/m0/s1. The number of carbonyl (C=O) groups is 1. The van der Waals surface area contributed by atoms with E-state index < -0.39 is 0 Å². The minimum atomic E-state index is -0.182. The maximum atomic E-state index is 12.6. The van der Waals surface area contributed by atoms with E-state index >= 15 is 0 Å². The summed E-state index contributed by atoms with van der Waals surface area (Å²) in [6, 6.07) is 13.3. The summed E-state index contributed by atoms with van der Waals surface area (Å²) in [6.07, 6.45) is 1.09. The van der Waals surface area contributed by atoms with Crippen molar-refractivity contribution in [2.24, 2.45) is 0 Å². The molecule has 2 aromatic carbocycles. The van der Waals surface area contributed by atoms with Crippen LogP contribution in [0.4, 0.5) is 5.69 Å². The van der Waals surface area contributed by atoms with Crippen LogP contribution < -0.4 is 14.8 Å². The Hall–Kier alpha value is -2.49. The fourth-order valence-corrected chi connectivity index (χ4v) is 2.54. The highest BCUT2D eigenvalue weighted by atomic mass is 16.5. The summed E-state index contributed by atoms with van der Waals surface area (Å²) in [4.78, 5) is 12.6. The third-order valence-electron chi connectivity index (χ3n) is 4.11. The van der Waals surface area contributed by atoms with Gasteiger partial charge < -0.3 is 14.8 Å². The monoisotopic (exact) mass is 341 g/mol. The number of hydrogen-bond donors (Lipinski definition) is 1. The van der Waals surface area contributed by atoms with Gasteiger partial charge in [0.1, 0.15) is 11.5 Å². The van der Waals surface area contributed by atoms with Crippen LogP contribution in [-0.4, -0.2) is 19.1 Å². The van der Waals surface area contributed by atoms with Crippen LogP contribution in [0.15, 0.2) is 42.5 Å². The SMILES string of the molecule is CCOc1cc(OCC)cc(C(=O)Nc2ccc([C@@H](C)CC)cc2)c1. The van der Waals surface area contributed by atoms with Gasteiger partial charge in [0.2, 0.25) is 0 Å². The average molecular weight is 341 g/mol. The van der Waals surface area contributed by atoms with E-state index in [1.807, 2.05) is 26.0 Å². The highest BCUT2D eigenvalue weighted by Gasteiger charge is 2.11. The molecule has 0 fully saturated rings. The van der Waals surface area contributed by atoms with E-state index in [0.29, 0.717) is 36.2 Å². The second kappa shape index (κ2) is 9.11. The van der Waals surface area contributed by atoms with Gasteiger partial charge in [-0.05, 0) is 56.0 Å². The van der Waals surface area contributed by atoms with Crippen LogP contribution in [0.25, 0.3) is 0 Å². The second-order valence-electron chi connectivity index (χ2n) is 5.94. The third-order valence-corrected chi connectivity index (χ3v) is 4.11. The largest absolute Gasteiger partial charge is 0.494 e. The van der Waals surface area contributed by atoms with Crippen molar-refractivity contribution in [3.05, 3.63) is 53.6 Å². The molecule has 0 aliphatic carbocycles. The number of anilines is 1. The Bertz CT molecular complexity index is 671. The maximum absolute atomic E-state index is 12.6. The van der Waals surface area contributed by atoms with Gasteiger partial charge >= 0.3 is 0 Å². The first-order valence-electron chi connectivity index (χ1n) is 8.89. The van der Waals surface area contributed by atoms with Gasteiger partial charge in [0.05, 0.1) is 13.2 Å². The van der Waals surface area contributed by atoms with Crippen molar-refractivity contribution in [3.63, 3.8) is 0 Å². The molecular weight excluding hydrogens is 314 g/mol. The molecule has 134 valence electrons. The molecular formula is C21H27NO3. The number of hydrogen-bond acceptors (Lipinski definition) is 3. The van der Waals surface area contributed by atoms with Gasteiger partial charge in [0.15, 0.2) is 0 Å². The lowest BCUT2D eigenvalue weighted by atomic mass is 9.98. The summed E-state index contributed by atoms with van der Waals surface area (Å²) >= 11 is 0. The molecule has 0 saturated heterocycles. The van der Waals surface area contributed by atoms with Gasteiger partial charge in [0.25, 0.3) is 5.91 Å². The van der Waals surface area contributed by atoms with Gasteiger partial charge in [-0.15, -0.1) is 0 Å². The zero-order valence-electron chi connectivity index (χ0n) is 15.5. The average Bonchev–Trinajstić information content (AvgIpc) is 2.62. The number of carbonyl (C=O) groups excluding carboxylic acids is 1. The summed E-state index contributed by atoms with van der Waals surface area (Å²) in [5.74, 6) is 1.59. The van der Waals surface area contributed by atoms with Crippen LogP contribution in [0.5, 0.6) is 11.5 Å². The van der Waals surface area contributed by atoms with Crippen LogP contribution in [0.2, 0.25) is 0 Å². The molecule has 4 nitrogen and oxygen atoms in total. The lowest BCUT2D eigenvalue weighted by Gasteiger charge is -2.12. The molecule has 0 bridgehead atoms. The van der Waals surface area contributed by atoms with Gasteiger partial charge in [-0.2, -0.15) is 0 Å². The molecule has 0 aromatic heterocycles. The Morgan fingerprint density at radius 1 is 0.960 bits per heavy atom. The molecule has 1 atom stereocenters. The summed E-state index contributed by atoms with van der Waals surface area (Å²) in [5.41, 5.74) is 2.56. The Labute approximate surface area is 150 Å². The molecule has 4 heteroatoms. The predicted octanol–water partition coefficient (Wildman–Crippen LogP) is 5.25. The van der Waals surface area contributed by atoms with Crippen molar-refractivity contribution in [2.45, 2.75) is 40.0 Å². The molecule has 1 N–H and O–H groups in total. The summed E-state index contributed by atoms with van der Waals surface area (Å²) in [6.45, 7) is 9.25. The molecule has 0 aliphatic heterocycles. The van der Waals surface area contributed by atoms with Gasteiger partial charge in [-0.1, -0.05) is 26.0 Å². The lowest BCUT2D eigenvalue weighted by Crippen LogP contribution is -2.12. The summed E-state index contributed by atoms with van der Waals surface area (Å²) in [5, 5.41) is 2.93. The smallest absolute Gasteiger partial charge is 0.255 e. The number of benzene rings is 2. The van der Waals surface area contributed by atoms with Crippen molar-refractivity contribution in [2.75, 3.05) is 18.5 Å². The van der Waals surface area contributed by atoms with Crippen molar-refractivity contribution < 1.29 is 14.3 Å². The minimum absolute atomic E-state index is 0.182. The van der Waals surface area contributed by atoms with Crippen molar-refractivity contribution in [1.82, 2.24) is 0 Å². The summed E-state index contributed by atoms with van der Waals surface area (Å²) in [7, 11) is 0. The highest BCUT2D eigenvalue weighted by Crippen LogP contribution is 2.25. The Kier molecular flexibility index (Phi) is 6.87. The normalized spacial score (nSPS) is 11.7. The van der Waals surface area contributed by atoms with E-state index in [2.05, 4.69) is 31.3 Å². The quantitative estimate of drug-likeness (QED) is 0.713. The second-order valence-corrected chi connectivity index (χ2v) is 5.94. The molecule has 1 amide bonds. The van der Waals surface area contributed by atoms with Gasteiger partial charge in [-0.3, -0.25) is 4.79 Å². The summed E-state index contributed by atoms with van der Waals surface area (Å²) < 4.78 is 11.1.